The molecule has 0 unspecified atom stereocenters. The van der Waals surface area contributed by atoms with Crippen LogP contribution in [0.15, 0.2) is 16.3 Å². The second-order valence-corrected chi connectivity index (χ2v) is 14.6. The van der Waals surface area contributed by atoms with Gasteiger partial charge >= 0.3 is 5.97 Å². The van der Waals surface area contributed by atoms with Crippen LogP contribution in [-0.4, -0.2) is 23.0 Å². The van der Waals surface area contributed by atoms with Crippen LogP contribution in [-0.2, 0) is 9.53 Å². The third-order valence-corrected chi connectivity index (χ3v) is 12.4. The summed E-state index contributed by atoms with van der Waals surface area (Å²) >= 11 is 0. The molecule has 7 atom stereocenters. The van der Waals surface area contributed by atoms with Gasteiger partial charge < -0.3 is 9.94 Å². The van der Waals surface area contributed by atoms with Gasteiger partial charge in [0.05, 0.1) is 5.71 Å². The summed E-state index contributed by atoms with van der Waals surface area (Å²) in [6.07, 6.45) is 11.8. The molecule has 0 aromatic carbocycles. The lowest BCUT2D eigenvalue weighted by Gasteiger charge is -2.62. The van der Waals surface area contributed by atoms with Crippen molar-refractivity contribution in [1.29, 1.82) is 0 Å². The van der Waals surface area contributed by atoms with Gasteiger partial charge in [0.1, 0.15) is 6.10 Å². The fourth-order valence-electron chi connectivity index (χ4n) is 10.1. The van der Waals surface area contributed by atoms with Gasteiger partial charge in [-0.3, -0.25) is 4.79 Å². The van der Waals surface area contributed by atoms with E-state index in [0.717, 1.165) is 37.3 Å². The minimum Gasteiger partial charge on any atom is -0.462 e. The van der Waals surface area contributed by atoms with E-state index in [1.165, 1.54) is 38.5 Å². The lowest BCUT2D eigenvalue weighted by Crippen LogP contribution is -2.55. The van der Waals surface area contributed by atoms with Crippen LogP contribution < -0.4 is 0 Å². The monoisotopic (exact) mass is 499 g/mol. The second kappa shape index (κ2) is 9.45. The van der Waals surface area contributed by atoms with E-state index in [0.29, 0.717) is 23.2 Å². The predicted octanol–water partition coefficient (Wildman–Crippen LogP) is 8.57. The molecule has 0 aromatic rings. The second-order valence-electron chi connectivity index (χ2n) is 14.6. The van der Waals surface area contributed by atoms with Crippen molar-refractivity contribution in [3.05, 3.63) is 11.1 Å². The van der Waals surface area contributed by atoms with Gasteiger partial charge in [-0.2, -0.15) is 0 Å². The zero-order valence-corrected chi connectivity index (χ0v) is 24.7. The van der Waals surface area contributed by atoms with Gasteiger partial charge in [-0.1, -0.05) is 71.7 Å². The van der Waals surface area contributed by atoms with E-state index in [4.69, 9.17) is 4.74 Å². The van der Waals surface area contributed by atoms with Crippen LogP contribution >= 0.6 is 0 Å². The largest absolute Gasteiger partial charge is 0.462 e. The van der Waals surface area contributed by atoms with Crippen LogP contribution in [0.1, 0.15) is 127 Å². The lowest BCUT2D eigenvalue weighted by molar-refractivity contribution is -0.167. The lowest BCUT2D eigenvalue weighted by atomic mass is 9.43. The molecule has 0 aliphatic heterocycles. The first-order valence-electron chi connectivity index (χ1n) is 14.8. The quantitative estimate of drug-likeness (QED) is 0.131. The van der Waals surface area contributed by atoms with Crippen LogP contribution in [0.4, 0.5) is 0 Å². The van der Waals surface area contributed by atoms with Crippen LogP contribution in [0, 0.1) is 45.3 Å². The van der Waals surface area contributed by atoms with Crippen LogP contribution in [0.3, 0.4) is 0 Å². The van der Waals surface area contributed by atoms with E-state index in [1.54, 1.807) is 12.5 Å². The van der Waals surface area contributed by atoms with E-state index >= 15 is 0 Å². The van der Waals surface area contributed by atoms with E-state index in [2.05, 4.69) is 60.5 Å². The van der Waals surface area contributed by atoms with Crippen molar-refractivity contribution < 1.29 is 14.7 Å². The summed E-state index contributed by atoms with van der Waals surface area (Å²) in [6, 6.07) is 0. The first kappa shape index (κ1) is 27.7. The smallest absolute Gasteiger partial charge is 0.302 e. The molecule has 36 heavy (non-hydrogen) atoms. The maximum atomic E-state index is 11.8. The number of esters is 1. The van der Waals surface area contributed by atoms with Crippen molar-refractivity contribution >= 4 is 11.7 Å². The molecule has 2 saturated carbocycles. The Morgan fingerprint density at radius 1 is 1.00 bits per heavy atom. The number of oxime groups is 1. The van der Waals surface area contributed by atoms with Gasteiger partial charge in [-0.25, -0.2) is 0 Å². The Kier molecular flexibility index (Phi) is 7.28. The Balaban J connectivity index is 1.60. The van der Waals surface area contributed by atoms with Gasteiger partial charge in [-0.15, -0.1) is 0 Å². The highest BCUT2D eigenvalue weighted by Gasteiger charge is 2.63. The van der Waals surface area contributed by atoms with Gasteiger partial charge in [-0.05, 0) is 104 Å². The fraction of sp³-hybridized carbons (Fsp3) is 0.875. The zero-order chi connectivity index (χ0) is 26.7. The fourth-order valence-corrected chi connectivity index (χ4v) is 10.1. The zero-order valence-electron chi connectivity index (χ0n) is 24.7. The van der Waals surface area contributed by atoms with E-state index < -0.39 is 0 Å². The van der Waals surface area contributed by atoms with E-state index in [-0.39, 0.29) is 28.3 Å². The molecule has 0 bridgehead atoms. The maximum Gasteiger partial charge on any atom is 0.302 e. The molecule has 204 valence electrons. The molecular formula is C32H53NO3. The maximum absolute atomic E-state index is 11.8. The molecule has 4 aliphatic rings. The average molecular weight is 500 g/mol. The summed E-state index contributed by atoms with van der Waals surface area (Å²) in [5.74, 6) is 2.11. The Labute approximate surface area is 220 Å². The molecule has 2 fully saturated rings. The highest BCUT2D eigenvalue weighted by Crippen LogP contribution is 2.72. The Morgan fingerprint density at radius 2 is 1.69 bits per heavy atom. The van der Waals surface area contributed by atoms with Gasteiger partial charge in [0.2, 0.25) is 0 Å². The number of carbonyl (C=O) groups excluding carboxylic acids is 1. The molecule has 0 saturated heterocycles. The van der Waals surface area contributed by atoms with Gasteiger partial charge in [0.25, 0.3) is 0 Å². The van der Waals surface area contributed by atoms with Crippen molar-refractivity contribution in [3.8, 4) is 0 Å². The molecule has 4 aliphatic carbocycles. The SMILES string of the molecule is CC(=O)O[C@@H]1CC[C@]2(C)C3=C(CC[C@@H]2C1(C)C)[C@]1(C)CC[C@H]([C@H](C)CC/C(=N\O)C(C)C)[C@@]1(C)CC3. The van der Waals surface area contributed by atoms with Crippen molar-refractivity contribution in [2.75, 3.05) is 0 Å². The van der Waals surface area contributed by atoms with Gasteiger partial charge in [0.15, 0.2) is 0 Å². The highest BCUT2D eigenvalue weighted by molar-refractivity contribution is 5.85. The van der Waals surface area contributed by atoms with Gasteiger partial charge in [0, 0.05) is 12.3 Å². The average Bonchev–Trinajstić information content (AvgIpc) is 3.07. The number of ether oxygens (including phenoxy) is 1. The van der Waals surface area contributed by atoms with E-state index in [1.807, 2.05) is 5.57 Å². The molecular weight excluding hydrogens is 446 g/mol. The summed E-state index contributed by atoms with van der Waals surface area (Å²) in [5.41, 5.74) is 5.41. The standard InChI is InChI=1S/C32H53NO3/c1-20(2)26(33-35)12-10-21(3)23-14-18-32(9)25-11-13-27-29(5,6)28(36-22(4)34)16-17-30(27,7)24(25)15-19-31(23,32)8/h20-21,23,27-28,35H,10-19H2,1-9H3/b33-26+/t21-,23-,27-,28-,30-,31-,32+/m1/s1. The summed E-state index contributed by atoms with van der Waals surface area (Å²) in [6.45, 7) is 20.8. The Hall–Kier alpha value is -1.32. The molecule has 0 radical (unpaired) electrons. The van der Waals surface area contributed by atoms with E-state index in [9.17, 15) is 10.0 Å². The molecule has 0 spiro atoms. The molecule has 1 N–H and O–H groups in total. The van der Waals surface area contributed by atoms with Crippen LogP contribution in [0.2, 0.25) is 0 Å². The number of fused-ring (bicyclic) bond motifs is 4. The summed E-state index contributed by atoms with van der Waals surface area (Å²) in [4.78, 5) is 11.8. The minimum atomic E-state index is -0.134. The first-order chi connectivity index (χ1) is 16.7. The van der Waals surface area contributed by atoms with Crippen LogP contribution in [0.25, 0.3) is 0 Å². The summed E-state index contributed by atoms with van der Waals surface area (Å²) < 4.78 is 5.87. The number of hydrogen-bond donors (Lipinski definition) is 1. The summed E-state index contributed by atoms with van der Waals surface area (Å²) in [5, 5.41) is 13.1. The molecule has 0 aromatic heterocycles. The van der Waals surface area contributed by atoms with Crippen molar-refractivity contribution in [1.82, 2.24) is 0 Å². The minimum absolute atomic E-state index is 0.00790. The van der Waals surface area contributed by atoms with Crippen molar-refractivity contribution in [2.45, 2.75) is 133 Å². The van der Waals surface area contributed by atoms with Crippen LogP contribution in [0.5, 0.6) is 0 Å². The highest BCUT2D eigenvalue weighted by atomic mass is 16.5. The Bertz CT molecular complexity index is 932. The number of hydrogen-bond acceptors (Lipinski definition) is 4. The number of allylic oxidation sites excluding steroid dienone is 2. The third-order valence-electron chi connectivity index (χ3n) is 12.4. The molecule has 4 nitrogen and oxygen atoms in total. The van der Waals surface area contributed by atoms with Crippen molar-refractivity contribution in [3.63, 3.8) is 0 Å². The molecule has 0 heterocycles. The topological polar surface area (TPSA) is 58.9 Å². The molecule has 4 rings (SSSR count). The first-order valence-corrected chi connectivity index (χ1v) is 14.8. The number of nitrogens with zero attached hydrogens (tertiary/aromatic N) is 1. The number of rotatable bonds is 6. The molecule has 0 amide bonds. The predicted molar refractivity (Wildman–Crippen MR) is 147 cm³/mol. The van der Waals surface area contributed by atoms with Crippen molar-refractivity contribution in [2.24, 2.45) is 50.5 Å². The molecule has 4 heteroatoms. The summed E-state index contributed by atoms with van der Waals surface area (Å²) in [7, 11) is 0. The third kappa shape index (κ3) is 4.08. The Morgan fingerprint density at radius 3 is 2.31 bits per heavy atom. The normalized spacial score (nSPS) is 40.9. The number of carbonyl (C=O) groups is 1.